The number of amides is 2. The summed E-state index contributed by atoms with van der Waals surface area (Å²) >= 11 is 5.37. The Hall–Kier alpha value is -4.03. The number of rotatable bonds is 4. The van der Waals surface area contributed by atoms with Crippen LogP contribution in [-0.2, 0) is 16.1 Å². The number of thiocarbonyl (C=S) groups is 1. The molecule has 1 fully saturated rings. The second-order valence-electron chi connectivity index (χ2n) is 8.46. The van der Waals surface area contributed by atoms with Gasteiger partial charge in [-0.3, -0.25) is 19.8 Å². The number of fused-ring (bicyclic) bond motifs is 1. The third-order valence-corrected chi connectivity index (χ3v) is 6.29. The molecule has 34 heavy (non-hydrogen) atoms. The topological polar surface area (TPSA) is 54.3 Å². The normalized spacial score (nSPS) is 15.3. The average molecular weight is 466 g/mol. The zero-order valence-corrected chi connectivity index (χ0v) is 19.7. The van der Waals surface area contributed by atoms with Crippen LogP contribution in [-0.4, -0.2) is 21.5 Å². The van der Waals surface area contributed by atoms with Crippen molar-refractivity contribution in [3.05, 3.63) is 107 Å². The van der Waals surface area contributed by atoms with E-state index in [2.05, 4.69) is 22.0 Å². The summed E-state index contributed by atoms with van der Waals surface area (Å²) in [5.74, 6) is -0.920. The fourth-order valence-electron chi connectivity index (χ4n) is 4.39. The maximum atomic E-state index is 13.5. The van der Waals surface area contributed by atoms with Gasteiger partial charge in [0.25, 0.3) is 11.8 Å². The Balaban J connectivity index is 1.58. The van der Waals surface area contributed by atoms with E-state index in [1.165, 1.54) is 10.5 Å². The van der Waals surface area contributed by atoms with E-state index in [9.17, 15) is 9.59 Å². The standard InChI is InChI=1S/C28H23N3O2S/c1-18-12-13-24(19(2)14-18)31-27(33)23(26(32)29-28(31)34)15-21-17-30(16-20-8-4-3-5-9-20)25-11-7-6-10-22(21)25/h3-15,17H,16H2,1-2H3,(H,29,32,34). The summed E-state index contributed by atoms with van der Waals surface area (Å²) in [6.07, 6.45) is 3.65. The molecule has 0 radical (unpaired) electrons. The summed E-state index contributed by atoms with van der Waals surface area (Å²) in [6, 6.07) is 23.9. The first-order valence-electron chi connectivity index (χ1n) is 11.0. The highest BCUT2D eigenvalue weighted by atomic mass is 32.1. The SMILES string of the molecule is Cc1ccc(N2C(=O)C(=Cc3cn(Cc4ccccc4)c4ccccc34)C(=O)NC2=S)c(C)c1. The number of aryl methyl sites for hydroxylation is 2. The van der Waals surface area contributed by atoms with E-state index in [-0.39, 0.29) is 10.7 Å². The van der Waals surface area contributed by atoms with Crippen molar-refractivity contribution in [3.8, 4) is 0 Å². The number of hydrogen-bond acceptors (Lipinski definition) is 3. The molecule has 2 amide bonds. The molecule has 1 N–H and O–H groups in total. The zero-order valence-electron chi connectivity index (χ0n) is 18.9. The molecule has 0 bridgehead atoms. The number of nitrogens with zero attached hydrogens (tertiary/aromatic N) is 2. The van der Waals surface area contributed by atoms with Crippen molar-refractivity contribution in [2.24, 2.45) is 0 Å². The van der Waals surface area contributed by atoms with Gasteiger partial charge >= 0.3 is 0 Å². The summed E-state index contributed by atoms with van der Waals surface area (Å²) in [5, 5.41) is 3.75. The molecule has 4 aromatic rings. The fourth-order valence-corrected chi connectivity index (χ4v) is 4.66. The highest BCUT2D eigenvalue weighted by Gasteiger charge is 2.35. The molecule has 1 aliphatic rings. The van der Waals surface area contributed by atoms with Crippen molar-refractivity contribution in [1.29, 1.82) is 0 Å². The van der Waals surface area contributed by atoms with Crippen LogP contribution in [0.15, 0.2) is 84.6 Å². The lowest BCUT2D eigenvalue weighted by Crippen LogP contribution is -2.54. The van der Waals surface area contributed by atoms with Gasteiger partial charge in [-0.15, -0.1) is 0 Å². The van der Waals surface area contributed by atoms with E-state index in [1.807, 2.05) is 80.7 Å². The van der Waals surface area contributed by atoms with Gasteiger partial charge in [0.1, 0.15) is 5.57 Å². The summed E-state index contributed by atoms with van der Waals surface area (Å²) in [5.41, 5.74) is 5.71. The van der Waals surface area contributed by atoms with Gasteiger partial charge in [-0.1, -0.05) is 66.2 Å². The van der Waals surface area contributed by atoms with Crippen LogP contribution in [0.5, 0.6) is 0 Å². The van der Waals surface area contributed by atoms with E-state index < -0.39 is 11.8 Å². The summed E-state index contributed by atoms with van der Waals surface area (Å²) < 4.78 is 2.13. The fraction of sp³-hybridized carbons (Fsp3) is 0.107. The molecule has 5 nitrogen and oxygen atoms in total. The Labute approximate surface area is 203 Å². The lowest BCUT2D eigenvalue weighted by molar-refractivity contribution is -0.122. The lowest BCUT2D eigenvalue weighted by atomic mass is 10.0. The summed E-state index contributed by atoms with van der Waals surface area (Å²) in [7, 11) is 0. The van der Waals surface area contributed by atoms with Crippen LogP contribution in [0, 0.1) is 13.8 Å². The number of aromatic nitrogens is 1. The largest absolute Gasteiger partial charge is 0.342 e. The number of hydrogen-bond donors (Lipinski definition) is 1. The van der Waals surface area contributed by atoms with Crippen LogP contribution in [0.1, 0.15) is 22.3 Å². The quantitative estimate of drug-likeness (QED) is 0.258. The van der Waals surface area contributed by atoms with E-state index >= 15 is 0 Å². The van der Waals surface area contributed by atoms with E-state index in [4.69, 9.17) is 12.2 Å². The average Bonchev–Trinajstić information content (AvgIpc) is 3.16. The van der Waals surface area contributed by atoms with Crippen molar-refractivity contribution in [3.63, 3.8) is 0 Å². The predicted molar refractivity (Wildman–Crippen MR) is 140 cm³/mol. The van der Waals surface area contributed by atoms with Crippen molar-refractivity contribution in [2.45, 2.75) is 20.4 Å². The van der Waals surface area contributed by atoms with Crippen LogP contribution in [0.3, 0.4) is 0 Å². The minimum absolute atomic E-state index is 0.0520. The first-order chi connectivity index (χ1) is 16.4. The Morgan fingerprint density at radius 1 is 0.941 bits per heavy atom. The smallest absolute Gasteiger partial charge is 0.270 e. The molecule has 168 valence electrons. The van der Waals surface area contributed by atoms with Gasteiger partial charge in [-0.2, -0.15) is 0 Å². The van der Waals surface area contributed by atoms with Gasteiger partial charge in [0, 0.05) is 29.2 Å². The van der Waals surface area contributed by atoms with Crippen LogP contribution < -0.4 is 10.2 Å². The summed E-state index contributed by atoms with van der Waals surface area (Å²) in [6.45, 7) is 4.60. The first kappa shape index (κ1) is 21.8. The van der Waals surface area contributed by atoms with Crippen molar-refractivity contribution in [1.82, 2.24) is 9.88 Å². The maximum Gasteiger partial charge on any atom is 0.270 e. The number of carbonyl (C=O) groups excluding carboxylic acids is 2. The molecule has 0 spiro atoms. The Kier molecular flexibility index (Phi) is 5.59. The number of nitrogens with one attached hydrogen (secondary N) is 1. The number of para-hydroxylation sites is 1. The number of benzene rings is 3. The van der Waals surface area contributed by atoms with Gasteiger partial charge in [-0.25, -0.2) is 0 Å². The molecule has 0 unspecified atom stereocenters. The molecular formula is C28H23N3O2S. The lowest BCUT2D eigenvalue weighted by Gasteiger charge is -2.30. The van der Waals surface area contributed by atoms with E-state index in [0.717, 1.165) is 27.6 Å². The van der Waals surface area contributed by atoms with Crippen molar-refractivity contribution < 1.29 is 9.59 Å². The maximum absolute atomic E-state index is 13.5. The van der Waals surface area contributed by atoms with Gasteiger partial charge in [0.15, 0.2) is 5.11 Å². The zero-order chi connectivity index (χ0) is 23.8. The van der Waals surface area contributed by atoms with Crippen LogP contribution in [0.25, 0.3) is 17.0 Å². The van der Waals surface area contributed by atoms with Crippen LogP contribution >= 0.6 is 12.2 Å². The van der Waals surface area contributed by atoms with Crippen LogP contribution in [0.2, 0.25) is 0 Å². The summed E-state index contributed by atoms with van der Waals surface area (Å²) in [4.78, 5) is 27.8. The molecule has 1 aromatic heterocycles. The van der Waals surface area contributed by atoms with Crippen molar-refractivity contribution >= 4 is 51.8 Å². The van der Waals surface area contributed by atoms with Gasteiger partial charge in [0.05, 0.1) is 5.69 Å². The minimum atomic E-state index is -0.490. The minimum Gasteiger partial charge on any atom is -0.342 e. The highest BCUT2D eigenvalue weighted by Crippen LogP contribution is 2.29. The Morgan fingerprint density at radius 3 is 2.44 bits per heavy atom. The molecule has 0 saturated carbocycles. The molecule has 2 heterocycles. The first-order valence-corrected chi connectivity index (χ1v) is 11.4. The molecule has 3 aromatic carbocycles. The van der Waals surface area contributed by atoms with Gasteiger partial charge in [-0.05, 0) is 55.4 Å². The number of anilines is 1. The highest BCUT2D eigenvalue weighted by molar-refractivity contribution is 7.80. The Morgan fingerprint density at radius 2 is 1.68 bits per heavy atom. The third kappa shape index (κ3) is 3.93. The Bertz CT molecular complexity index is 1480. The molecule has 1 aliphatic heterocycles. The number of carbonyl (C=O) groups is 2. The molecule has 0 atom stereocenters. The monoisotopic (exact) mass is 465 g/mol. The second-order valence-corrected chi connectivity index (χ2v) is 8.85. The van der Waals surface area contributed by atoms with E-state index in [0.29, 0.717) is 12.2 Å². The van der Waals surface area contributed by atoms with Crippen LogP contribution in [0.4, 0.5) is 5.69 Å². The second kappa shape index (κ2) is 8.72. The predicted octanol–water partition coefficient (Wildman–Crippen LogP) is 5.14. The third-order valence-electron chi connectivity index (χ3n) is 6.01. The van der Waals surface area contributed by atoms with Crippen molar-refractivity contribution in [2.75, 3.05) is 4.90 Å². The van der Waals surface area contributed by atoms with Gasteiger partial charge in [0.2, 0.25) is 0 Å². The molecule has 1 saturated heterocycles. The molecule has 5 rings (SSSR count). The molecular weight excluding hydrogens is 442 g/mol. The van der Waals surface area contributed by atoms with Gasteiger partial charge < -0.3 is 4.57 Å². The molecule has 6 heteroatoms. The van der Waals surface area contributed by atoms with E-state index in [1.54, 1.807) is 6.08 Å². The molecule has 0 aliphatic carbocycles.